The number of nitrogens with one attached hydrogen (secondary N) is 1. The molecule has 3 atom stereocenters. The molecular weight excluding hydrogens is 864 g/mol. The Labute approximate surface area is 422 Å². The molecular formula is C59H113N2O6P. The number of unbranched alkanes of at least 4 members (excludes halogenated alkanes) is 35. The minimum absolute atomic E-state index is 0.00890. The number of aliphatic hydroxyl groups is 1. The molecule has 0 saturated heterocycles. The molecule has 0 radical (unpaired) electrons. The Morgan fingerprint density at radius 2 is 0.882 bits per heavy atom. The number of rotatable bonds is 53. The fourth-order valence-corrected chi connectivity index (χ4v) is 9.27. The van der Waals surface area contributed by atoms with E-state index in [0.29, 0.717) is 17.4 Å². The number of carbonyl (C=O) groups is 1. The Balaban J connectivity index is 3.82. The van der Waals surface area contributed by atoms with Crippen molar-refractivity contribution in [3.05, 3.63) is 48.6 Å². The van der Waals surface area contributed by atoms with Gasteiger partial charge in [0, 0.05) is 6.42 Å². The van der Waals surface area contributed by atoms with Gasteiger partial charge < -0.3 is 28.8 Å². The third kappa shape index (κ3) is 52.3. The summed E-state index contributed by atoms with van der Waals surface area (Å²) in [5.74, 6) is -0.211. The van der Waals surface area contributed by atoms with Gasteiger partial charge >= 0.3 is 0 Å². The van der Waals surface area contributed by atoms with Gasteiger partial charge in [-0.25, -0.2) is 0 Å². The number of amides is 1. The van der Waals surface area contributed by atoms with Gasteiger partial charge in [-0.1, -0.05) is 248 Å². The Kier molecular flexibility index (Phi) is 49.3. The molecule has 400 valence electrons. The maximum absolute atomic E-state index is 12.9. The van der Waals surface area contributed by atoms with Gasteiger partial charge in [-0.05, 0) is 64.7 Å². The lowest BCUT2D eigenvalue weighted by molar-refractivity contribution is -0.870. The van der Waals surface area contributed by atoms with E-state index in [1.54, 1.807) is 6.08 Å². The normalized spacial score (nSPS) is 14.3. The highest BCUT2D eigenvalue weighted by molar-refractivity contribution is 7.45. The summed E-state index contributed by atoms with van der Waals surface area (Å²) < 4.78 is 23.2. The number of hydrogen-bond donors (Lipinski definition) is 2. The average molecular weight is 978 g/mol. The van der Waals surface area contributed by atoms with E-state index in [1.165, 1.54) is 205 Å². The molecule has 0 aliphatic carbocycles. The average Bonchev–Trinajstić information content (AvgIpc) is 3.30. The Bertz CT molecular complexity index is 1250. The third-order valence-corrected chi connectivity index (χ3v) is 14.0. The van der Waals surface area contributed by atoms with Crippen LogP contribution in [0.3, 0.4) is 0 Å². The van der Waals surface area contributed by atoms with Crippen LogP contribution in [0.25, 0.3) is 0 Å². The summed E-state index contributed by atoms with van der Waals surface area (Å²) in [7, 11) is 1.24. The van der Waals surface area contributed by atoms with E-state index in [2.05, 4.69) is 42.6 Å². The molecule has 68 heavy (non-hydrogen) atoms. The van der Waals surface area contributed by atoms with Crippen LogP contribution in [0.4, 0.5) is 0 Å². The predicted octanol–water partition coefficient (Wildman–Crippen LogP) is 16.9. The summed E-state index contributed by atoms with van der Waals surface area (Å²) >= 11 is 0. The second-order valence-corrected chi connectivity index (χ2v) is 22.4. The highest BCUT2D eigenvalue weighted by atomic mass is 31.2. The van der Waals surface area contributed by atoms with Crippen LogP contribution in [-0.4, -0.2) is 68.5 Å². The van der Waals surface area contributed by atoms with E-state index in [1.807, 2.05) is 40.2 Å². The summed E-state index contributed by atoms with van der Waals surface area (Å²) in [6.07, 6.45) is 66.9. The van der Waals surface area contributed by atoms with Crippen LogP contribution in [0.2, 0.25) is 0 Å². The van der Waals surface area contributed by atoms with Crippen LogP contribution < -0.4 is 10.2 Å². The maximum Gasteiger partial charge on any atom is 0.268 e. The van der Waals surface area contributed by atoms with E-state index in [9.17, 15) is 19.4 Å². The van der Waals surface area contributed by atoms with E-state index in [4.69, 9.17) is 9.05 Å². The van der Waals surface area contributed by atoms with Crippen LogP contribution in [-0.2, 0) is 18.4 Å². The SMILES string of the molecule is C/C=C/CC/C=C/CC/C=C/C(O)C(COP(=O)([O-])OCC[N+](C)(C)C)NC(=O)CCCCCCCCCCCCCCCCCCCCCCCCCCC/C=C\CCCCCCCCCC. The first kappa shape index (κ1) is 66.5. The predicted molar refractivity (Wildman–Crippen MR) is 293 cm³/mol. The molecule has 0 aromatic rings. The fourth-order valence-electron chi connectivity index (χ4n) is 8.54. The van der Waals surface area contributed by atoms with Crippen LogP contribution in [0.5, 0.6) is 0 Å². The van der Waals surface area contributed by atoms with Crippen LogP contribution >= 0.6 is 7.82 Å². The Morgan fingerprint density at radius 3 is 1.28 bits per heavy atom. The van der Waals surface area contributed by atoms with E-state index in [-0.39, 0.29) is 12.5 Å². The molecule has 0 aliphatic heterocycles. The van der Waals surface area contributed by atoms with Gasteiger partial charge in [0.2, 0.25) is 5.91 Å². The molecule has 9 heteroatoms. The summed E-state index contributed by atoms with van der Waals surface area (Å²) in [5, 5.41) is 13.7. The molecule has 2 N–H and O–H groups in total. The highest BCUT2D eigenvalue weighted by Crippen LogP contribution is 2.38. The highest BCUT2D eigenvalue weighted by Gasteiger charge is 2.23. The first-order chi connectivity index (χ1) is 33.0. The topological polar surface area (TPSA) is 108 Å². The zero-order valence-corrected chi connectivity index (χ0v) is 46.5. The number of quaternary nitrogens is 1. The zero-order valence-electron chi connectivity index (χ0n) is 45.6. The fraction of sp³-hybridized carbons (Fsp3) is 0.847. The van der Waals surface area contributed by atoms with Crippen molar-refractivity contribution in [3.8, 4) is 0 Å². The quantitative estimate of drug-likeness (QED) is 0.0272. The molecule has 0 aromatic heterocycles. The number of phosphoric acid groups is 1. The van der Waals surface area contributed by atoms with Crippen molar-refractivity contribution in [1.82, 2.24) is 5.32 Å². The number of phosphoric ester groups is 1. The van der Waals surface area contributed by atoms with E-state index < -0.39 is 26.6 Å². The lowest BCUT2D eigenvalue weighted by Gasteiger charge is -2.29. The molecule has 0 bridgehead atoms. The minimum Gasteiger partial charge on any atom is -0.756 e. The smallest absolute Gasteiger partial charge is 0.268 e. The van der Waals surface area contributed by atoms with E-state index in [0.717, 1.165) is 44.9 Å². The molecule has 0 spiro atoms. The van der Waals surface area contributed by atoms with Crippen molar-refractivity contribution in [2.24, 2.45) is 0 Å². The molecule has 3 unspecified atom stereocenters. The summed E-state index contributed by atoms with van der Waals surface area (Å²) in [6, 6.07) is -0.906. The number of likely N-dealkylation sites (N-methyl/N-ethyl adjacent to an activating group) is 1. The van der Waals surface area contributed by atoms with Gasteiger partial charge in [0.15, 0.2) is 0 Å². The van der Waals surface area contributed by atoms with Crippen molar-refractivity contribution in [2.45, 2.75) is 283 Å². The minimum atomic E-state index is -4.60. The molecule has 8 nitrogen and oxygen atoms in total. The van der Waals surface area contributed by atoms with E-state index >= 15 is 0 Å². The Hall–Kier alpha value is -1.54. The molecule has 0 rings (SSSR count). The number of aliphatic hydroxyl groups excluding tert-OH is 1. The first-order valence-corrected chi connectivity index (χ1v) is 30.4. The monoisotopic (exact) mass is 977 g/mol. The van der Waals surface area contributed by atoms with Crippen molar-refractivity contribution in [3.63, 3.8) is 0 Å². The third-order valence-electron chi connectivity index (χ3n) is 13.1. The molecule has 0 fully saturated rings. The molecule has 0 heterocycles. The van der Waals surface area contributed by atoms with Gasteiger partial charge in [0.05, 0.1) is 39.9 Å². The first-order valence-electron chi connectivity index (χ1n) is 29.0. The maximum atomic E-state index is 12.9. The molecule has 0 saturated carbocycles. The van der Waals surface area contributed by atoms with Gasteiger partial charge in [-0.15, -0.1) is 0 Å². The van der Waals surface area contributed by atoms with Gasteiger partial charge in [0.1, 0.15) is 13.2 Å². The Morgan fingerprint density at radius 1 is 0.529 bits per heavy atom. The number of nitrogens with zero attached hydrogens (tertiary/aromatic N) is 1. The number of carbonyl (C=O) groups excluding carboxylic acids is 1. The lowest BCUT2D eigenvalue weighted by atomic mass is 10.0. The van der Waals surface area contributed by atoms with Crippen molar-refractivity contribution < 1.29 is 32.9 Å². The van der Waals surface area contributed by atoms with Crippen molar-refractivity contribution in [2.75, 3.05) is 40.9 Å². The summed E-state index contributed by atoms with van der Waals surface area (Å²) in [6.45, 7) is 4.40. The van der Waals surface area contributed by atoms with Crippen LogP contribution in [0.1, 0.15) is 271 Å². The lowest BCUT2D eigenvalue weighted by Crippen LogP contribution is -2.45. The molecule has 1 amide bonds. The van der Waals surface area contributed by atoms with Crippen LogP contribution in [0, 0.1) is 0 Å². The van der Waals surface area contributed by atoms with Gasteiger partial charge in [-0.3, -0.25) is 9.36 Å². The second kappa shape index (κ2) is 50.4. The van der Waals surface area contributed by atoms with Crippen molar-refractivity contribution >= 4 is 13.7 Å². The second-order valence-electron chi connectivity index (χ2n) is 21.0. The number of hydrogen-bond acceptors (Lipinski definition) is 6. The molecule has 0 aliphatic rings. The van der Waals surface area contributed by atoms with Gasteiger partial charge in [-0.2, -0.15) is 0 Å². The summed E-state index contributed by atoms with van der Waals surface area (Å²) in [4.78, 5) is 25.3. The van der Waals surface area contributed by atoms with Crippen LogP contribution in [0.15, 0.2) is 48.6 Å². The number of allylic oxidation sites excluding steroid dienone is 7. The standard InChI is InChI=1S/C59H113N2O6P/c1-6-8-10-12-14-16-17-18-19-20-21-22-23-24-25-26-27-28-29-30-31-32-33-34-35-36-37-38-39-40-41-42-43-45-47-49-51-53-59(63)60-57(56-67-68(64,65)66-55-54-61(3,4)5)58(62)52-50-48-46-44-15-13-11-9-7-2/h7,9,15,20-21,44,50,52,57-58,62H,6,8,10-14,16-19,22-43,45-49,51,53-56H2,1-5H3,(H-,60,63,64,65)/b9-7+,21-20-,44-15+,52-50+. The van der Waals surface area contributed by atoms with Crippen molar-refractivity contribution in [1.29, 1.82) is 0 Å². The molecule has 0 aromatic carbocycles. The largest absolute Gasteiger partial charge is 0.756 e. The zero-order chi connectivity index (χ0) is 49.9. The van der Waals surface area contributed by atoms with Gasteiger partial charge in [0.25, 0.3) is 7.82 Å². The summed E-state index contributed by atoms with van der Waals surface area (Å²) in [5.41, 5.74) is 0.